The van der Waals surface area contributed by atoms with Crippen LogP contribution in [0.1, 0.15) is 33.1 Å². The maximum absolute atomic E-state index is 5.62. The Balaban J connectivity index is 2.07. The van der Waals surface area contributed by atoms with Crippen LogP contribution in [0.3, 0.4) is 0 Å². The van der Waals surface area contributed by atoms with E-state index < -0.39 is 0 Å². The molecule has 14 heavy (non-hydrogen) atoms. The van der Waals surface area contributed by atoms with E-state index in [1.165, 1.54) is 6.42 Å². The molecule has 1 aliphatic rings. The fourth-order valence-corrected chi connectivity index (χ4v) is 1.94. The first kappa shape index (κ1) is 11.6. The summed E-state index contributed by atoms with van der Waals surface area (Å²) in [5, 5.41) is 3.44. The maximum Gasteiger partial charge on any atom is 0.0613 e. The average molecular weight is 195 g/mol. The molecule has 2 atom stereocenters. The molecule has 0 radical (unpaired) electrons. The van der Waals surface area contributed by atoms with Gasteiger partial charge in [-0.05, 0) is 25.7 Å². The molecule has 0 aromatic carbocycles. The summed E-state index contributed by atoms with van der Waals surface area (Å²) in [5.74, 6) is 6.67. The molecular weight excluding hydrogens is 174 g/mol. The first-order valence-corrected chi connectivity index (χ1v) is 5.60. The van der Waals surface area contributed by atoms with Crippen LogP contribution in [0.2, 0.25) is 0 Å². The molecule has 0 aliphatic carbocycles. The van der Waals surface area contributed by atoms with E-state index >= 15 is 0 Å². The van der Waals surface area contributed by atoms with Crippen LogP contribution in [0, 0.1) is 17.8 Å². The summed E-state index contributed by atoms with van der Waals surface area (Å²) in [6.07, 6.45) is 3.80. The third-order valence-corrected chi connectivity index (χ3v) is 2.76. The minimum absolute atomic E-state index is 0.486. The zero-order valence-corrected chi connectivity index (χ0v) is 9.31. The Labute approximate surface area is 87.4 Å². The molecule has 1 saturated heterocycles. The van der Waals surface area contributed by atoms with Crippen molar-refractivity contribution in [2.24, 2.45) is 5.92 Å². The van der Waals surface area contributed by atoms with Crippen LogP contribution < -0.4 is 5.32 Å². The highest BCUT2D eigenvalue weighted by Gasteiger charge is 2.25. The highest BCUT2D eigenvalue weighted by Crippen LogP contribution is 2.22. The van der Waals surface area contributed by atoms with E-state index in [0.29, 0.717) is 6.10 Å². The second kappa shape index (κ2) is 6.86. The number of rotatable bonds is 5. The molecule has 2 heteroatoms. The van der Waals surface area contributed by atoms with Crippen molar-refractivity contribution < 1.29 is 4.74 Å². The summed E-state index contributed by atoms with van der Waals surface area (Å²) in [4.78, 5) is 0. The lowest BCUT2D eigenvalue weighted by molar-refractivity contribution is 0.0874. The van der Waals surface area contributed by atoms with Crippen LogP contribution in [-0.4, -0.2) is 25.8 Å². The minimum Gasteiger partial charge on any atom is -0.378 e. The summed E-state index contributed by atoms with van der Waals surface area (Å²) in [6, 6.07) is 0. The zero-order chi connectivity index (χ0) is 10.2. The fraction of sp³-hybridized carbons (Fsp3) is 0.833. The molecule has 0 aromatic rings. The van der Waals surface area contributed by atoms with Crippen LogP contribution in [0.25, 0.3) is 0 Å². The number of hydrogen-bond acceptors (Lipinski definition) is 2. The second-order valence-electron chi connectivity index (χ2n) is 3.75. The van der Waals surface area contributed by atoms with Crippen molar-refractivity contribution in [2.75, 3.05) is 19.7 Å². The summed E-state index contributed by atoms with van der Waals surface area (Å²) in [7, 11) is 0. The molecular formula is C12H21NO. The van der Waals surface area contributed by atoms with E-state index in [1.54, 1.807) is 0 Å². The molecule has 0 bridgehead atoms. The van der Waals surface area contributed by atoms with Crippen molar-refractivity contribution in [1.82, 2.24) is 5.32 Å². The molecule has 1 heterocycles. The van der Waals surface area contributed by atoms with Gasteiger partial charge in [-0.25, -0.2) is 0 Å². The largest absolute Gasteiger partial charge is 0.378 e. The molecule has 1 N–H and O–H groups in total. The Morgan fingerprint density at radius 2 is 2.36 bits per heavy atom. The van der Waals surface area contributed by atoms with E-state index in [1.807, 2.05) is 6.92 Å². The lowest BCUT2D eigenvalue weighted by atomic mass is 10.00. The van der Waals surface area contributed by atoms with Gasteiger partial charge in [0.05, 0.1) is 6.10 Å². The SMILES string of the molecule is CC#CCCNCC1CCOC1CC. The van der Waals surface area contributed by atoms with Crippen LogP contribution in [0.5, 0.6) is 0 Å². The number of ether oxygens (including phenoxy) is 1. The minimum atomic E-state index is 0.486. The third-order valence-electron chi connectivity index (χ3n) is 2.76. The predicted octanol–water partition coefficient (Wildman–Crippen LogP) is 1.80. The highest BCUT2D eigenvalue weighted by molar-refractivity contribution is 4.95. The van der Waals surface area contributed by atoms with Crippen LogP contribution >= 0.6 is 0 Å². The zero-order valence-electron chi connectivity index (χ0n) is 9.31. The van der Waals surface area contributed by atoms with Gasteiger partial charge in [-0.3, -0.25) is 0 Å². The van der Waals surface area contributed by atoms with E-state index in [-0.39, 0.29) is 0 Å². The molecule has 2 unspecified atom stereocenters. The van der Waals surface area contributed by atoms with Gasteiger partial charge in [0.2, 0.25) is 0 Å². The van der Waals surface area contributed by atoms with Crippen LogP contribution in [-0.2, 0) is 4.74 Å². The molecule has 0 saturated carbocycles. The molecule has 0 spiro atoms. The second-order valence-corrected chi connectivity index (χ2v) is 3.75. The topological polar surface area (TPSA) is 21.3 Å². The van der Waals surface area contributed by atoms with Gasteiger partial charge in [0.25, 0.3) is 0 Å². The smallest absolute Gasteiger partial charge is 0.0613 e. The van der Waals surface area contributed by atoms with Gasteiger partial charge in [0.1, 0.15) is 0 Å². The highest BCUT2D eigenvalue weighted by atomic mass is 16.5. The average Bonchev–Trinajstić information content (AvgIpc) is 2.65. The quantitative estimate of drug-likeness (QED) is 0.533. The summed E-state index contributed by atoms with van der Waals surface area (Å²) in [6.45, 7) is 7.13. The van der Waals surface area contributed by atoms with Crippen molar-refractivity contribution >= 4 is 0 Å². The monoisotopic (exact) mass is 195 g/mol. The Bertz CT molecular complexity index is 204. The molecule has 0 amide bonds. The molecule has 2 nitrogen and oxygen atoms in total. The van der Waals surface area contributed by atoms with E-state index in [2.05, 4.69) is 24.1 Å². The van der Waals surface area contributed by atoms with Crippen molar-refractivity contribution in [3.05, 3.63) is 0 Å². The molecule has 0 aromatic heterocycles. The molecule has 1 rings (SSSR count). The Hall–Kier alpha value is -0.520. The Morgan fingerprint density at radius 3 is 3.07 bits per heavy atom. The number of nitrogens with one attached hydrogen (secondary N) is 1. The van der Waals surface area contributed by atoms with Gasteiger partial charge in [-0.15, -0.1) is 11.8 Å². The molecule has 1 fully saturated rings. The van der Waals surface area contributed by atoms with E-state index in [0.717, 1.165) is 38.5 Å². The third kappa shape index (κ3) is 3.69. The summed E-state index contributed by atoms with van der Waals surface area (Å²) < 4.78 is 5.62. The first-order chi connectivity index (χ1) is 6.88. The van der Waals surface area contributed by atoms with Crippen molar-refractivity contribution in [1.29, 1.82) is 0 Å². The van der Waals surface area contributed by atoms with Crippen molar-refractivity contribution in [3.63, 3.8) is 0 Å². The number of hydrogen-bond donors (Lipinski definition) is 1. The molecule has 80 valence electrons. The lowest BCUT2D eigenvalue weighted by Crippen LogP contribution is -2.28. The van der Waals surface area contributed by atoms with Crippen molar-refractivity contribution in [2.45, 2.75) is 39.2 Å². The lowest BCUT2D eigenvalue weighted by Gasteiger charge is -2.16. The van der Waals surface area contributed by atoms with Gasteiger partial charge in [-0.1, -0.05) is 6.92 Å². The predicted molar refractivity (Wildman–Crippen MR) is 59.1 cm³/mol. The first-order valence-electron chi connectivity index (χ1n) is 5.60. The van der Waals surface area contributed by atoms with Gasteiger partial charge in [0.15, 0.2) is 0 Å². The summed E-state index contributed by atoms with van der Waals surface area (Å²) >= 11 is 0. The van der Waals surface area contributed by atoms with E-state index in [9.17, 15) is 0 Å². The molecule has 1 aliphatic heterocycles. The van der Waals surface area contributed by atoms with Gasteiger partial charge in [0, 0.05) is 26.1 Å². The fourth-order valence-electron chi connectivity index (χ4n) is 1.94. The Morgan fingerprint density at radius 1 is 1.50 bits per heavy atom. The van der Waals surface area contributed by atoms with Crippen LogP contribution in [0.4, 0.5) is 0 Å². The Kier molecular flexibility index (Phi) is 5.66. The normalized spacial score (nSPS) is 25.9. The maximum atomic E-state index is 5.62. The van der Waals surface area contributed by atoms with Crippen molar-refractivity contribution in [3.8, 4) is 11.8 Å². The summed E-state index contributed by atoms with van der Waals surface area (Å²) in [5.41, 5.74) is 0. The standard InChI is InChI=1S/C12H21NO/c1-3-5-6-8-13-10-11-7-9-14-12(11)4-2/h11-13H,4,6-10H2,1-2H3. The van der Waals surface area contributed by atoms with Gasteiger partial charge >= 0.3 is 0 Å². The van der Waals surface area contributed by atoms with E-state index in [4.69, 9.17) is 4.74 Å². The van der Waals surface area contributed by atoms with Gasteiger partial charge < -0.3 is 10.1 Å². The van der Waals surface area contributed by atoms with Crippen LogP contribution in [0.15, 0.2) is 0 Å². The van der Waals surface area contributed by atoms with Gasteiger partial charge in [-0.2, -0.15) is 0 Å².